The highest BCUT2D eigenvalue weighted by atomic mass is 16.5. The van der Waals surface area contributed by atoms with E-state index in [2.05, 4.69) is 15.1 Å². The van der Waals surface area contributed by atoms with Crippen molar-refractivity contribution in [2.75, 3.05) is 20.2 Å². The number of likely N-dealkylation sites (tertiary alicyclic amines) is 1. The maximum absolute atomic E-state index is 12.7. The van der Waals surface area contributed by atoms with E-state index >= 15 is 0 Å². The molecule has 8 heteroatoms. The molecular formula is C17H20N4O4. The molecule has 8 nitrogen and oxygen atoms in total. The predicted molar refractivity (Wildman–Crippen MR) is 86.6 cm³/mol. The summed E-state index contributed by atoms with van der Waals surface area (Å²) in [7, 11) is 1.52. The van der Waals surface area contributed by atoms with Crippen LogP contribution in [-0.4, -0.2) is 52.2 Å². The number of piperidine rings is 1. The molecule has 2 fully saturated rings. The van der Waals surface area contributed by atoms with Crippen LogP contribution in [-0.2, 0) is 0 Å². The van der Waals surface area contributed by atoms with E-state index in [1.54, 1.807) is 23.4 Å². The number of hydrogen-bond donors (Lipinski definition) is 0. The summed E-state index contributed by atoms with van der Waals surface area (Å²) in [5, 5.41) is 3.94. The Bertz CT molecular complexity index is 759. The number of ether oxygens (including phenoxy) is 2. The largest absolute Gasteiger partial charge is 0.477 e. The van der Waals surface area contributed by atoms with E-state index in [-0.39, 0.29) is 12.0 Å². The number of aromatic nitrogens is 3. The van der Waals surface area contributed by atoms with Crippen LogP contribution in [0.3, 0.4) is 0 Å². The highest BCUT2D eigenvalue weighted by Gasteiger charge is 2.32. The summed E-state index contributed by atoms with van der Waals surface area (Å²) in [5.74, 6) is 1.83. The van der Waals surface area contributed by atoms with Crippen molar-refractivity contribution >= 4 is 5.91 Å². The van der Waals surface area contributed by atoms with Gasteiger partial charge in [-0.3, -0.25) is 4.79 Å². The third-order valence-electron chi connectivity index (χ3n) is 4.50. The zero-order valence-electron chi connectivity index (χ0n) is 14.1. The molecule has 2 aromatic rings. The molecule has 1 aliphatic carbocycles. The Kier molecular flexibility index (Phi) is 4.25. The number of carbonyl (C=O) groups is 1. The van der Waals surface area contributed by atoms with Gasteiger partial charge in [-0.15, -0.1) is 0 Å². The Labute approximate surface area is 145 Å². The van der Waals surface area contributed by atoms with E-state index < -0.39 is 0 Å². The minimum absolute atomic E-state index is 0.116. The van der Waals surface area contributed by atoms with Gasteiger partial charge in [-0.2, -0.15) is 0 Å². The minimum Gasteiger partial charge on any atom is -0.477 e. The SMILES string of the molecule is COc1nccnc1OC1CCCN(C(=O)c2cc(C3CC3)on2)C1. The molecule has 0 aromatic carbocycles. The van der Waals surface area contributed by atoms with E-state index in [0.29, 0.717) is 36.5 Å². The second-order valence-electron chi connectivity index (χ2n) is 6.39. The number of hydrogen-bond acceptors (Lipinski definition) is 7. The second kappa shape index (κ2) is 6.70. The van der Waals surface area contributed by atoms with E-state index in [4.69, 9.17) is 14.0 Å². The molecular weight excluding hydrogens is 324 g/mol. The van der Waals surface area contributed by atoms with E-state index in [0.717, 1.165) is 31.4 Å². The maximum Gasteiger partial charge on any atom is 0.278 e. The zero-order valence-corrected chi connectivity index (χ0v) is 14.1. The highest BCUT2D eigenvalue weighted by Crippen LogP contribution is 2.40. The topological polar surface area (TPSA) is 90.6 Å². The van der Waals surface area contributed by atoms with Crippen LogP contribution in [0.1, 0.15) is 47.8 Å². The lowest BCUT2D eigenvalue weighted by atomic mass is 10.1. The van der Waals surface area contributed by atoms with Gasteiger partial charge in [0, 0.05) is 30.9 Å². The van der Waals surface area contributed by atoms with Crippen LogP contribution in [0.15, 0.2) is 23.0 Å². The van der Waals surface area contributed by atoms with Gasteiger partial charge in [-0.05, 0) is 25.7 Å². The Hall–Kier alpha value is -2.64. The third kappa shape index (κ3) is 3.42. The van der Waals surface area contributed by atoms with E-state index in [1.165, 1.54) is 7.11 Å². The molecule has 2 aliphatic rings. The second-order valence-corrected chi connectivity index (χ2v) is 6.39. The Morgan fingerprint density at radius 2 is 2.04 bits per heavy atom. The fourth-order valence-electron chi connectivity index (χ4n) is 3.02. The predicted octanol–water partition coefficient (Wildman–Crippen LogP) is 2.03. The van der Waals surface area contributed by atoms with Crippen molar-refractivity contribution in [3.8, 4) is 11.8 Å². The first-order valence-electron chi connectivity index (χ1n) is 8.52. The molecule has 0 spiro atoms. The lowest BCUT2D eigenvalue weighted by molar-refractivity contribution is 0.0510. The van der Waals surface area contributed by atoms with Crippen molar-refractivity contribution in [2.45, 2.75) is 37.7 Å². The highest BCUT2D eigenvalue weighted by molar-refractivity contribution is 5.92. The molecule has 4 rings (SSSR count). The van der Waals surface area contributed by atoms with Crippen LogP contribution < -0.4 is 9.47 Å². The lowest BCUT2D eigenvalue weighted by Crippen LogP contribution is -2.44. The third-order valence-corrected chi connectivity index (χ3v) is 4.50. The quantitative estimate of drug-likeness (QED) is 0.819. The van der Waals surface area contributed by atoms with Crippen LogP contribution in [0, 0.1) is 0 Å². The van der Waals surface area contributed by atoms with Gasteiger partial charge < -0.3 is 18.9 Å². The fraction of sp³-hybridized carbons (Fsp3) is 0.529. The number of rotatable bonds is 5. The van der Waals surface area contributed by atoms with Crippen LogP contribution >= 0.6 is 0 Å². The van der Waals surface area contributed by atoms with Crippen molar-refractivity contribution in [3.05, 3.63) is 29.9 Å². The smallest absolute Gasteiger partial charge is 0.278 e. The van der Waals surface area contributed by atoms with E-state index in [1.807, 2.05) is 0 Å². The van der Waals surface area contributed by atoms with Crippen molar-refractivity contribution < 1.29 is 18.8 Å². The zero-order chi connectivity index (χ0) is 17.2. The number of methoxy groups -OCH3 is 1. The molecule has 1 saturated carbocycles. The summed E-state index contributed by atoms with van der Waals surface area (Å²) in [6, 6.07) is 1.77. The molecule has 1 atom stereocenters. The number of nitrogens with zero attached hydrogens (tertiary/aromatic N) is 4. The Morgan fingerprint density at radius 3 is 2.80 bits per heavy atom. The van der Waals surface area contributed by atoms with Gasteiger partial charge in [-0.1, -0.05) is 5.16 Å². The fourth-order valence-corrected chi connectivity index (χ4v) is 3.02. The first-order valence-corrected chi connectivity index (χ1v) is 8.52. The molecule has 132 valence electrons. The lowest BCUT2D eigenvalue weighted by Gasteiger charge is -2.32. The van der Waals surface area contributed by atoms with Crippen molar-refractivity contribution in [1.29, 1.82) is 0 Å². The molecule has 1 unspecified atom stereocenters. The van der Waals surface area contributed by atoms with Crippen LogP contribution in [0.2, 0.25) is 0 Å². The summed E-state index contributed by atoms with van der Waals surface area (Å²) >= 11 is 0. The summed E-state index contributed by atoms with van der Waals surface area (Å²) in [6.45, 7) is 1.16. The van der Waals surface area contributed by atoms with Crippen molar-refractivity contribution in [1.82, 2.24) is 20.0 Å². The number of amides is 1. The average Bonchev–Trinajstić information content (AvgIpc) is 3.39. The maximum atomic E-state index is 12.7. The van der Waals surface area contributed by atoms with E-state index in [9.17, 15) is 4.79 Å². The number of carbonyl (C=O) groups excluding carboxylic acids is 1. The standard InChI is InChI=1S/C17H20N4O4/c1-23-15-16(19-7-6-18-15)24-12-3-2-8-21(10-12)17(22)13-9-14(25-20-13)11-4-5-11/h6-7,9,11-12H,2-5,8,10H2,1H3. The summed E-state index contributed by atoms with van der Waals surface area (Å²) in [5.41, 5.74) is 0.375. The Morgan fingerprint density at radius 1 is 1.24 bits per heavy atom. The van der Waals surface area contributed by atoms with Gasteiger partial charge in [0.05, 0.1) is 13.7 Å². The summed E-state index contributed by atoms with van der Waals surface area (Å²) < 4.78 is 16.4. The first kappa shape index (κ1) is 15.9. The Balaban J connectivity index is 1.42. The van der Waals surface area contributed by atoms with Crippen LogP contribution in [0.4, 0.5) is 0 Å². The normalized spacial score (nSPS) is 20.4. The van der Waals surface area contributed by atoms with Crippen LogP contribution in [0.5, 0.6) is 11.8 Å². The summed E-state index contributed by atoms with van der Waals surface area (Å²) in [4.78, 5) is 22.7. The average molecular weight is 344 g/mol. The van der Waals surface area contributed by atoms with Gasteiger partial charge in [-0.25, -0.2) is 9.97 Å². The molecule has 2 aromatic heterocycles. The minimum atomic E-state index is -0.155. The molecule has 0 bridgehead atoms. The van der Waals surface area contributed by atoms with Crippen molar-refractivity contribution in [2.24, 2.45) is 0 Å². The van der Waals surface area contributed by atoms with Gasteiger partial charge >= 0.3 is 0 Å². The van der Waals surface area contributed by atoms with Gasteiger partial charge in [0.1, 0.15) is 11.9 Å². The molecule has 0 N–H and O–H groups in total. The van der Waals surface area contributed by atoms with Gasteiger partial charge in [0.2, 0.25) is 0 Å². The molecule has 3 heterocycles. The van der Waals surface area contributed by atoms with Gasteiger partial charge in [0.25, 0.3) is 17.7 Å². The molecule has 1 saturated heterocycles. The van der Waals surface area contributed by atoms with Crippen LogP contribution in [0.25, 0.3) is 0 Å². The monoisotopic (exact) mass is 344 g/mol. The van der Waals surface area contributed by atoms with Gasteiger partial charge in [0.15, 0.2) is 5.69 Å². The summed E-state index contributed by atoms with van der Waals surface area (Å²) in [6.07, 6.45) is 6.87. The molecule has 1 amide bonds. The molecule has 1 aliphatic heterocycles. The van der Waals surface area contributed by atoms with Crippen molar-refractivity contribution in [3.63, 3.8) is 0 Å². The molecule has 25 heavy (non-hydrogen) atoms. The molecule has 0 radical (unpaired) electrons. The first-order chi connectivity index (χ1) is 12.2.